The number of rotatable bonds is 20. The maximum absolute atomic E-state index is 11.2. The molecule has 0 heterocycles. The van der Waals surface area contributed by atoms with Crippen LogP contribution in [0.3, 0.4) is 0 Å². The first-order valence-corrected chi connectivity index (χ1v) is 11.6. The zero-order valence-electron chi connectivity index (χ0n) is 17.0. The van der Waals surface area contributed by atoms with Crippen molar-refractivity contribution in [3.8, 4) is 0 Å². The van der Waals surface area contributed by atoms with Gasteiger partial charge < -0.3 is 18.7 Å². The Bertz CT molecular complexity index is 254. The predicted molar refractivity (Wildman–Crippen MR) is 105 cm³/mol. The molecule has 0 aliphatic rings. The predicted octanol–water partition coefficient (Wildman–Crippen LogP) is 6.47. The highest BCUT2D eigenvalue weighted by molar-refractivity contribution is 7.39. The second-order valence-corrected chi connectivity index (χ2v) is 7.84. The van der Waals surface area contributed by atoms with Gasteiger partial charge in [0.2, 0.25) is 0 Å². The van der Waals surface area contributed by atoms with Crippen LogP contribution in [-0.2, 0) is 13.8 Å². The number of hydrogen-bond donors (Lipinski definition) is 0. The van der Waals surface area contributed by atoms with E-state index in [0.29, 0.717) is 13.0 Å². The topological polar surface area (TPSA) is 50.8 Å². The molecule has 152 valence electrons. The second-order valence-electron chi connectivity index (χ2n) is 6.82. The molecule has 0 saturated heterocycles. The molecule has 0 aromatic heterocycles. The normalized spacial score (nSPS) is 13.9. The standard InChI is InChI=1S/C20H42O4P/c1-4-6-7-8-9-10-11-12-13-14-15-16-17-18-19-23-20(5-2)24-25(21)22-3/h20H,4-19H2,1-3H3/q-1. The molecule has 0 bridgehead atoms. The van der Waals surface area contributed by atoms with Crippen molar-refractivity contribution >= 4 is 8.60 Å². The third kappa shape index (κ3) is 18.8. The summed E-state index contributed by atoms with van der Waals surface area (Å²) in [5.41, 5.74) is 0. The van der Waals surface area contributed by atoms with Crippen molar-refractivity contribution < 1.29 is 18.7 Å². The Hall–Kier alpha value is 0.270. The monoisotopic (exact) mass is 377 g/mol. The van der Waals surface area contributed by atoms with E-state index in [-0.39, 0.29) is 0 Å². The molecular formula is C20H42O4P-. The summed E-state index contributed by atoms with van der Waals surface area (Å²) in [4.78, 5) is 11.2. The molecule has 0 aromatic rings. The van der Waals surface area contributed by atoms with Crippen LogP contribution in [0.4, 0.5) is 0 Å². The zero-order chi connectivity index (χ0) is 18.6. The summed E-state index contributed by atoms with van der Waals surface area (Å²) in [5.74, 6) is 0. The summed E-state index contributed by atoms with van der Waals surface area (Å²) in [6.45, 7) is 4.90. The molecule has 0 N–H and O–H groups in total. The van der Waals surface area contributed by atoms with Gasteiger partial charge in [-0.15, -0.1) is 0 Å². The van der Waals surface area contributed by atoms with E-state index >= 15 is 0 Å². The van der Waals surface area contributed by atoms with Gasteiger partial charge in [-0.3, -0.25) is 0 Å². The van der Waals surface area contributed by atoms with E-state index in [2.05, 4.69) is 11.4 Å². The van der Waals surface area contributed by atoms with Crippen LogP contribution in [0.5, 0.6) is 0 Å². The van der Waals surface area contributed by atoms with Gasteiger partial charge >= 0.3 is 0 Å². The highest BCUT2D eigenvalue weighted by atomic mass is 31.2. The molecule has 2 atom stereocenters. The van der Waals surface area contributed by atoms with Crippen LogP contribution in [0.15, 0.2) is 0 Å². The quantitative estimate of drug-likeness (QED) is 0.139. The molecule has 0 radical (unpaired) electrons. The van der Waals surface area contributed by atoms with Crippen molar-refractivity contribution in [1.29, 1.82) is 0 Å². The molecule has 0 fully saturated rings. The van der Waals surface area contributed by atoms with Crippen molar-refractivity contribution in [1.82, 2.24) is 0 Å². The Labute approximate surface area is 158 Å². The molecule has 5 heteroatoms. The van der Waals surface area contributed by atoms with Crippen molar-refractivity contribution in [2.45, 2.75) is 116 Å². The van der Waals surface area contributed by atoms with Gasteiger partial charge in [-0.25, -0.2) is 0 Å². The van der Waals surface area contributed by atoms with Crippen LogP contribution in [0.2, 0.25) is 0 Å². The summed E-state index contributed by atoms with van der Waals surface area (Å²) in [7, 11) is -0.668. The Morgan fingerprint density at radius 2 is 1.16 bits per heavy atom. The fourth-order valence-corrected chi connectivity index (χ4v) is 3.36. The fourth-order valence-electron chi connectivity index (χ4n) is 2.87. The van der Waals surface area contributed by atoms with Crippen LogP contribution in [0, 0.1) is 0 Å². The molecule has 2 unspecified atom stereocenters. The summed E-state index contributed by atoms with van der Waals surface area (Å²) in [6, 6.07) is 0. The van der Waals surface area contributed by atoms with Gasteiger partial charge in [0.1, 0.15) is 0 Å². The number of hydrogen-bond acceptors (Lipinski definition) is 4. The molecule has 0 rings (SSSR count). The van der Waals surface area contributed by atoms with E-state index in [0.717, 1.165) is 6.42 Å². The van der Waals surface area contributed by atoms with E-state index in [1.807, 2.05) is 6.92 Å². The SMILES string of the molecule is CCCCCCCCCCCCCCCCOC(CC)OP([O-])OC. The Morgan fingerprint density at radius 3 is 1.56 bits per heavy atom. The first-order chi connectivity index (χ1) is 12.2. The lowest BCUT2D eigenvalue weighted by Gasteiger charge is -2.25. The number of ether oxygens (including phenoxy) is 1. The van der Waals surface area contributed by atoms with Crippen LogP contribution in [0.25, 0.3) is 0 Å². The van der Waals surface area contributed by atoms with Crippen LogP contribution in [0.1, 0.15) is 110 Å². The van der Waals surface area contributed by atoms with Crippen LogP contribution in [-0.4, -0.2) is 20.0 Å². The molecule has 0 aliphatic carbocycles. The molecule has 4 nitrogen and oxygen atoms in total. The summed E-state index contributed by atoms with van der Waals surface area (Å²) >= 11 is 0. The first kappa shape index (κ1) is 25.3. The van der Waals surface area contributed by atoms with E-state index in [1.54, 1.807) is 0 Å². The largest absolute Gasteiger partial charge is 0.786 e. The van der Waals surface area contributed by atoms with Gasteiger partial charge in [-0.05, 0) is 12.8 Å². The molecule has 25 heavy (non-hydrogen) atoms. The van der Waals surface area contributed by atoms with Crippen molar-refractivity contribution in [2.24, 2.45) is 0 Å². The Balaban J connectivity index is 3.20. The van der Waals surface area contributed by atoms with Crippen LogP contribution >= 0.6 is 8.60 Å². The van der Waals surface area contributed by atoms with Crippen molar-refractivity contribution in [2.75, 3.05) is 13.7 Å². The molecule has 0 aliphatic heterocycles. The van der Waals surface area contributed by atoms with Crippen molar-refractivity contribution in [3.05, 3.63) is 0 Å². The summed E-state index contributed by atoms with van der Waals surface area (Å²) < 4.78 is 15.3. The Kier molecular flexibility index (Phi) is 20.8. The minimum Gasteiger partial charge on any atom is -0.786 e. The zero-order valence-corrected chi connectivity index (χ0v) is 17.9. The molecular weight excluding hydrogens is 335 g/mol. The van der Waals surface area contributed by atoms with E-state index in [4.69, 9.17) is 9.26 Å². The molecule has 0 spiro atoms. The van der Waals surface area contributed by atoms with Gasteiger partial charge in [-0.1, -0.05) is 97.3 Å². The summed E-state index contributed by atoms with van der Waals surface area (Å²) in [5, 5.41) is 0. The highest BCUT2D eigenvalue weighted by Gasteiger charge is 2.08. The van der Waals surface area contributed by atoms with Gasteiger partial charge in [0.05, 0.1) is 8.60 Å². The van der Waals surface area contributed by atoms with E-state index in [1.165, 1.54) is 90.6 Å². The van der Waals surface area contributed by atoms with Crippen LogP contribution < -0.4 is 4.89 Å². The first-order valence-electron chi connectivity index (χ1n) is 10.5. The van der Waals surface area contributed by atoms with E-state index in [9.17, 15) is 4.89 Å². The third-order valence-electron chi connectivity index (χ3n) is 4.49. The van der Waals surface area contributed by atoms with Gasteiger partial charge in [-0.2, -0.15) is 0 Å². The molecule has 0 saturated carbocycles. The lowest BCUT2D eigenvalue weighted by Crippen LogP contribution is -2.17. The summed E-state index contributed by atoms with van der Waals surface area (Å²) in [6.07, 6.45) is 19.2. The average molecular weight is 378 g/mol. The average Bonchev–Trinajstić information content (AvgIpc) is 2.63. The highest BCUT2D eigenvalue weighted by Crippen LogP contribution is 2.29. The smallest absolute Gasteiger partial charge is 0.162 e. The molecule has 0 aromatic carbocycles. The fraction of sp³-hybridized carbons (Fsp3) is 1.00. The minimum absolute atomic E-state index is 0.412. The van der Waals surface area contributed by atoms with Gasteiger partial charge in [0, 0.05) is 13.7 Å². The third-order valence-corrected chi connectivity index (χ3v) is 5.19. The molecule has 0 amide bonds. The van der Waals surface area contributed by atoms with Gasteiger partial charge in [0.25, 0.3) is 0 Å². The van der Waals surface area contributed by atoms with E-state index < -0.39 is 14.9 Å². The lowest BCUT2D eigenvalue weighted by molar-refractivity contribution is -0.222. The van der Waals surface area contributed by atoms with Crippen molar-refractivity contribution in [3.63, 3.8) is 0 Å². The maximum atomic E-state index is 11.2. The lowest BCUT2D eigenvalue weighted by atomic mass is 10.0. The number of unbranched alkanes of at least 4 members (excludes halogenated alkanes) is 13. The Morgan fingerprint density at radius 1 is 0.720 bits per heavy atom. The minimum atomic E-state index is -2.04. The maximum Gasteiger partial charge on any atom is 0.162 e. The van der Waals surface area contributed by atoms with Gasteiger partial charge in [0.15, 0.2) is 6.29 Å². The second kappa shape index (κ2) is 20.6.